The smallest absolute Gasteiger partial charge is 0.328 e. The molecule has 1 heterocycles. The van der Waals surface area contributed by atoms with Crippen LogP contribution in [0.5, 0.6) is 0 Å². The number of carbonyl (C=O) groups is 1. The minimum Gasteiger partial charge on any atom is -0.465 e. The third-order valence-corrected chi connectivity index (χ3v) is 4.62. The molecule has 1 aliphatic heterocycles. The lowest BCUT2D eigenvalue weighted by molar-refractivity contribution is -0.149. The van der Waals surface area contributed by atoms with Gasteiger partial charge in [0.05, 0.1) is 6.61 Å². The minimum atomic E-state index is -0.318. The van der Waals surface area contributed by atoms with Gasteiger partial charge in [0.1, 0.15) is 6.04 Å². The Morgan fingerprint density at radius 1 is 1.43 bits per heavy atom. The summed E-state index contributed by atoms with van der Waals surface area (Å²) in [5, 5.41) is 3.37. The number of aryl methyl sites for hydroxylation is 1. The Hall–Kier alpha value is -0.910. The number of rotatable bonds is 4. The quantitative estimate of drug-likeness (QED) is 0.844. The lowest BCUT2D eigenvalue weighted by atomic mass is 10.0. The summed E-state index contributed by atoms with van der Waals surface area (Å²) in [6.45, 7) is 7.98. The number of ether oxygens (including phenoxy) is 1. The molecule has 0 bridgehead atoms. The van der Waals surface area contributed by atoms with Crippen molar-refractivity contribution in [1.29, 1.82) is 0 Å². The first-order valence-corrected chi connectivity index (χ1v) is 8.30. The fourth-order valence-corrected chi connectivity index (χ4v) is 3.02. The summed E-state index contributed by atoms with van der Waals surface area (Å²) in [5.41, 5.74) is 2.16. The lowest BCUT2D eigenvalue weighted by Crippen LogP contribution is -2.37. The molecule has 1 unspecified atom stereocenters. The van der Waals surface area contributed by atoms with Gasteiger partial charge < -0.3 is 10.1 Å². The molecule has 0 spiro atoms. The molecule has 1 atom stereocenters. The van der Waals surface area contributed by atoms with Crippen molar-refractivity contribution in [2.24, 2.45) is 0 Å². The molecule has 0 amide bonds. The molecule has 1 aliphatic rings. The molecule has 1 saturated heterocycles. The summed E-state index contributed by atoms with van der Waals surface area (Å²) in [6, 6.07) is 5.79. The Kier molecular flexibility index (Phi) is 6.21. The maximum Gasteiger partial charge on any atom is 0.328 e. The van der Waals surface area contributed by atoms with Crippen molar-refractivity contribution in [3.63, 3.8) is 0 Å². The van der Waals surface area contributed by atoms with E-state index in [1.54, 1.807) is 0 Å². The number of hydrogen-bond acceptors (Lipinski definition) is 4. The molecule has 5 heteroatoms. The van der Waals surface area contributed by atoms with E-state index in [0.717, 1.165) is 42.6 Å². The predicted octanol–water partition coefficient (Wildman–Crippen LogP) is 2.66. The van der Waals surface area contributed by atoms with Gasteiger partial charge in [0, 0.05) is 24.1 Å². The number of hydrogen-bond donors (Lipinski definition) is 1. The Morgan fingerprint density at radius 2 is 2.24 bits per heavy atom. The molecule has 116 valence electrons. The number of nitrogens with zero attached hydrogens (tertiary/aromatic N) is 1. The first-order valence-electron chi connectivity index (χ1n) is 7.51. The predicted molar refractivity (Wildman–Crippen MR) is 87.3 cm³/mol. The first kappa shape index (κ1) is 16.5. The van der Waals surface area contributed by atoms with Crippen molar-refractivity contribution in [3.8, 4) is 0 Å². The largest absolute Gasteiger partial charge is 0.465 e. The fraction of sp³-hybridized carbons (Fsp3) is 0.562. The van der Waals surface area contributed by atoms with Gasteiger partial charge in [-0.25, -0.2) is 4.79 Å². The summed E-state index contributed by atoms with van der Waals surface area (Å²) in [5.74, 6) is -0.157. The molecular formula is C16H23BrN2O2. The number of carbonyl (C=O) groups excluding carboxylic acids is 1. The van der Waals surface area contributed by atoms with Crippen molar-refractivity contribution >= 4 is 21.9 Å². The highest BCUT2D eigenvalue weighted by Crippen LogP contribution is 2.27. The van der Waals surface area contributed by atoms with Crippen LogP contribution in [0, 0.1) is 6.92 Å². The van der Waals surface area contributed by atoms with Crippen LogP contribution in [0.15, 0.2) is 22.7 Å². The number of halogens is 1. The van der Waals surface area contributed by atoms with Gasteiger partial charge in [-0.15, -0.1) is 0 Å². The first-order chi connectivity index (χ1) is 10.1. The Bertz CT molecular complexity index is 485. The fourth-order valence-electron chi connectivity index (χ4n) is 2.62. The van der Waals surface area contributed by atoms with E-state index in [1.807, 2.05) is 32.0 Å². The Balaban J connectivity index is 2.29. The molecule has 2 rings (SSSR count). The van der Waals surface area contributed by atoms with Crippen molar-refractivity contribution in [1.82, 2.24) is 10.2 Å². The summed E-state index contributed by atoms with van der Waals surface area (Å²) < 4.78 is 6.34. The average Bonchev–Trinajstić information content (AvgIpc) is 2.72. The minimum absolute atomic E-state index is 0.157. The third-order valence-electron chi connectivity index (χ3n) is 3.76. The average molecular weight is 355 g/mol. The van der Waals surface area contributed by atoms with Crippen LogP contribution in [-0.4, -0.2) is 43.7 Å². The van der Waals surface area contributed by atoms with Gasteiger partial charge in [-0.2, -0.15) is 0 Å². The van der Waals surface area contributed by atoms with Gasteiger partial charge >= 0.3 is 5.97 Å². The maximum absolute atomic E-state index is 12.5. The zero-order valence-corrected chi connectivity index (χ0v) is 14.3. The molecule has 4 nitrogen and oxygen atoms in total. The lowest BCUT2D eigenvalue weighted by Gasteiger charge is -2.29. The van der Waals surface area contributed by atoms with Crippen molar-refractivity contribution < 1.29 is 9.53 Å². The number of esters is 1. The second-order valence-corrected chi connectivity index (χ2v) is 6.16. The monoisotopic (exact) mass is 354 g/mol. The van der Waals surface area contributed by atoms with E-state index < -0.39 is 0 Å². The molecule has 1 aromatic rings. The van der Waals surface area contributed by atoms with E-state index in [0.29, 0.717) is 6.61 Å². The number of benzene rings is 1. The molecule has 0 saturated carbocycles. The van der Waals surface area contributed by atoms with E-state index >= 15 is 0 Å². The van der Waals surface area contributed by atoms with Crippen molar-refractivity contribution in [3.05, 3.63) is 33.8 Å². The van der Waals surface area contributed by atoms with Crippen LogP contribution in [0.25, 0.3) is 0 Å². The molecule has 0 aromatic heterocycles. The molecule has 0 aliphatic carbocycles. The number of nitrogens with one attached hydrogen (secondary N) is 1. The zero-order valence-electron chi connectivity index (χ0n) is 12.7. The summed E-state index contributed by atoms with van der Waals surface area (Å²) in [7, 11) is 0. The maximum atomic E-state index is 12.5. The van der Waals surface area contributed by atoms with Gasteiger partial charge in [-0.05, 0) is 44.0 Å². The molecule has 1 N–H and O–H groups in total. The summed E-state index contributed by atoms with van der Waals surface area (Å²) in [4.78, 5) is 14.7. The second-order valence-electron chi connectivity index (χ2n) is 5.30. The standard InChI is InChI=1S/C16H23BrN2O2/c1-3-21-16(20)15(19-9-4-7-18-8-10-19)13-6-5-12(2)14(17)11-13/h5-6,11,15,18H,3-4,7-10H2,1-2H3. The van der Waals surface area contributed by atoms with Crippen LogP contribution in [0.2, 0.25) is 0 Å². The normalized spacial score (nSPS) is 18.0. The van der Waals surface area contributed by atoms with Crippen molar-refractivity contribution in [2.75, 3.05) is 32.8 Å². The van der Waals surface area contributed by atoms with Crippen LogP contribution in [0.4, 0.5) is 0 Å². The van der Waals surface area contributed by atoms with Gasteiger partial charge in [-0.3, -0.25) is 4.90 Å². The highest BCUT2D eigenvalue weighted by atomic mass is 79.9. The summed E-state index contributed by atoms with van der Waals surface area (Å²) >= 11 is 3.56. The van der Waals surface area contributed by atoms with E-state index in [9.17, 15) is 4.79 Å². The molecular weight excluding hydrogens is 332 g/mol. The third kappa shape index (κ3) is 4.28. The van der Waals surface area contributed by atoms with Gasteiger partial charge in [-0.1, -0.05) is 28.1 Å². The van der Waals surface area contributed by atoms with Crippen LogP contribution in [0.1, 0.15) is 30.5 Å². The highest BCUT2D eigenvalue weighted by molar-refractivity contribution is 9.10. The van der Waals surface area contributed by atoms with Gasteiger partial charge in [0.15, 0.2) is 0 Å². The Labute approximate surface area is 135 Å². The zero-order chi connectivity index (χ0) is 15.2. The molecule has 1 fully saturated rings. The van der Waals surface area contributed by atoms with Crippen LogP contribution >= 0.6 is 15.9 Å². The highest BCUT2D eigenvalue weighted by Gasteiger charge is 2.29. The Morgan fingerprint density at radius 3 is 2.95 bits per heavy atom. The van der Waals surface area contributed by atoms with Crippen LogP contribution < -0.4 is 5.32 Å². The van der Waals surface area contributed by atoms with E-state index in [-0.39, 0.29) is 12.0 Å². The van der Waals surface area contributed by atoms with Gasteiger partial charge in [0.2, 0.25) is 0 Å². The van der Waals surface area contributed by atoms with E-state index in [4.69, 9.17) is 4.74 Å². The SMILES string of the molecule is CCOC(=O)C(c1ccc(C)c(Br)c1)N1CCCNCC1. The van der Waals surface area contributed by atoms with Crippen LogP contribution in [-0.2, 0) is 9.53 Å². The van der Waals surface area contributed by atoms with Crippen molar-refractivity contribution in [2.45, 2.75) is 26.3 Å². The summed E-state index contributed by atoms with van der Waals surface area (Å²) in [6.07, 6.45) is 1.04. The topological polar surface area (TPSA) is 41.6 Å². The molecule has 0 radical (unpaired) electrons. The van der Waals surface area contributed by atoms with Gasteiger partial charge in [0.25, 0.3) is 0 Å². The van der Waals surface area contributed by atoms with E-state index in [1.165, 1.54) is 5.56 Å². The van der Waals surface area contributed by atoms with E-state index in [2.05, 4.69) is 26.1 Å². The molecule has 21 heavy (non-hydrogen) atoms. The molecule has 1 aromatic carbocycles. The van der Waals surface area contributed by atoms with Crippen LogP contribution in [0.3, 0.4) is 0 Å². The second kappa shape index (κ2) is 7.92.